The summed E-state index contributed by atoms with van der Waals surface area (Å²) in [6, 6.07) is 7.01. The molecule has 0 heterocycles. The van der Waals surface area contributed by atoms with E-state index < -0.39 is 10.1 Å². The lowest BCUT2D eigenvalue weighted by Crippen LogP contribution is -2.38. The van der Waals surface area contributed by atoms with Gasteiger partial charge in [0.1, 0.15) is 5.75 Å². The van der Waals surface area contributed by atoms with Gasteiger partial charge in [-0.15, -0.1) is 0 Å². The number of hydrogen-bond acceptors (Lipinski definition) is 6. The molecule has 0 unspecified atom stereocenters. The van der Waals surface area contributed by atoms with Crippen molar-refractivity contribution in [1.82, 2.24) is 5.32 Å². The fourth-order valence-electron chi connectivity index (χ4n) is 3.14. The van der Waals surface area contributed by atoms with Crippen LogP contribution in [0.3, 0.4) is 0 Å². The number of hydrogen-bond donors (Lipinski definition) is 1. The first-order valence-corrected chi connectivity index (χ1v) is 11.1. The average Bonchev–Trinajstić information content (AvgIpc) is 2.59. The average molecular weight is 404 g/mol. The van der Waals surface area contributed by atoms with Gasteiger partial charge in [0.25, 0.3) is 10.1 Å². The van der Waals surface area contributed by atoms with E-state index >= 15 is 0 Å². The van der Waals surface area contributed by atoms with E-state index in [-0.39, 0.29) is 19.1 Å². The fourth-order valence-corrected chi connectivity index (χ4v) is 3.68. The maximum atomic E-state index is 11.9. The van der Waals surface area contributed by atoms with Crippen LogP contribution in [0.1, 0.15) is 38.5 Å². The quantitative estimate of drug-likeness (QED) is 0.295. The molecule has 1 saturated carbocycles. The third-order valence-corrected chi connectivity index (χ3v) is 5.33. The Morgan fingerprint density at radius 2 is 1.85 bits per heavy atom. The lowest BCUT2D eigenvalue weighted by atomic mass is 9.83. The number of nitrogens with one attached hydrogen (secondary N) is 1. The van der Waals surface area contributed by atoms with E-state index in [1.165, 1.54) is 0 Å². The highest BCUT2D eigenvalue weighted by molar-refractivity contribution is 7.85. The van der Waals surface area contributed by atoms with Gasteiger partial charge in [-0.25, -0.2) is 0 Å². The number of rotatable bonds is 9. The summed E-state index contributed by atoms with van der Waals surface area (Å²) in [5, 5.41) is 3.86. The molecule has 2 rings (SSSR count). The molecule has 1 aliphatic carbocycles. The molecule has 0 bridgehead atoms. The molecule has 1 fully saturated rings. The van der Waals surface area contributed by atoms with Crippen LogP contribution >= 0.6 is 11.6 Å². The van der Waals surface area contributed by atoms with Crippen molar-refractivity contribution >= 4 is 27.7 Å². The standard InChI is InChI=1S/C18H26ClNO5S/c1-26(22,23)24-12-2-3-14-4-8-16(9-5-14)20-13-18(21)25-17-10-6-15(19)7-11-17/h6-7,10-11,14,16,20H,2-5,8-9,12-13H2,1H3. The number of carbonyl (C=O) groups excluding carboxylic acids is 1. The summed E-state index contributed by atoms with van der Waals surface area (Å²) in [5.74, 6) is 0.769. The van der Waals surface area contributed by atoms with Crippen molar-refractivity contribution in [3.63, 3.8) is 0 Å². The monoisotopic (exact) mass is 403 g/mol. The summed E-state index contributed by atoms with van der Waals surface area (Å²) >= 11 is 5.80. The van der Waals surface area contributed by atoms with Gasteiger partial charge in [-0.3, -0.25) is 8.98 Å². The Balaban J connectivity index is 1.58. The van der Waals surface area contributed by atoms with E-state index in [2.05, 4.69) is 5.32 Å². The molecule has 0 spiro atoms. The van der Waals surface area contributed by atoms with Crippen LogP contribution < -0.4 is 10.1 Å². The van der Waals surface area contributed by atoms with Gasteiger partial charge in [0.15, 0.2) is 0 Å². The Kier molecular flexibility index (Phi) is 8.34. The number of ether oxygens (including phenoxy) is 1. The Morgan fingerprint density at radius 1 is 1.19 bits per heavy atom. The normalized spacial score (nSPS) is 20.7. The molecule has 0 atom stereocenters. The summed E-state index contributed by atoms with van der Waals surface area (Å²) in [6.07, 6.45) is 6.95. The maximum absolute atomic E-state index is 11.9. The third kappa shape index (κ3) is 8.49. The van der Waals surface area contributed by atoms with Gasteiger partial charge >= 0.3 is 5.97 Å². The zero-order valence-electron chi connectivity index (χ0n) is 14.9. The molecule has 8 heteroatoms. The lowest BCUT2D eigenvalue weighted by molar-refractivity contribution is -0.133. The molecule has 0 aliphatic heterocycles. The van der Waals surface area contributed by atoms with E-state index in [0.717, 1.165) is 44.8 Å². The molecule has 0 aromatic heterocycles. The van der Waals surface area contributed by atoms with E-state index in [1.54, 1.807) is 24.3 Å². The largest absolute Gasteiger partial charge is 0.426 e. The van der Waals surface area contributed by atoms with Crippen LogP contribution in [0.15, 0.2) is 24.3 Å². The summed E-state index contributed by atoms with van der Waals surface area (Å²) in [4.78, 5) is 11.9. The van der Waals surface area contributed by atoms with Crippen molar-refractivity contribution in [2.75, 3.05) is 19.4 Å². The van der Waals surface area contributed by atoms with Crippen LogP contribution in [-0.2, 0) is 19.1 Å². The second-order valence-corrected chi connectivity index (χ2v) is 8.78. The minimum absolute atomic E-state index is 0.181. The molecule has 1 aromatic rings. The molecular formula is C18H26ClNO5S. The summed E-state index contributed by atoms with van der Waals surface area (Å²) < 4.78 is 31.8. The minimum atomic E-state index is -3.34. The third-order valence-electron chi connectivity index (χ3n) is 4.48. The SMILES string of the molecule is CS(=O)(=O)OCCCC1CCC(NCC(=O)Oc2ccc(Cl)cc2)CC1. The van der Waals surface area contributed by atoms with Crippen molar-refractivity contribution in [1.29, 1.82) is 0 Å². The van der Waals surface area contributed by atoms with E-state index in [9.17, 15) is 13.2 Å². The zero-order valence-corrected chi connectivity index (χ0v) is 16.5. The van der Waals surface area contributed by atoms with Crippen molar-refractivity contribution in [2.45, 2.75) is 44.6 Å². The predicted molar refractivity (Wildman–Crippen MR) is 101 cm³/mol. The molecular weight excluding hydrogens is 378 g/mol. The second kappa shape index (κ2) is 10.3. The van der Waals surface area contributed by atoms with Crippen LogP contribution in [0.5, 0.6) is 5.75 Å². The van der Waals surface area contributed by atoms with Crippen LogP contribution in [0, 0.1) is 5.92 Å². The van der Waals surface area contributed by atoms with Crippen LogP contribution in [0.4, 0.5) is 0 Å². The molecule has 1 N–H and O–H groups in total. The first kappa shape index (κ1) is 21.2. The van der Waals surface area contributed by atoms with Crippen molar-refractivity contribution in [3.05, 3.63) is 29.3 Å². The Labute approximate surface area is 160 Å². The van der Waals surface area contributed by atoms with E-state index in [1.807, 2.05) is 0 Å². The van der Waals surface area contributed by atoms with Crippen molar-refractivity contribution in [2.24, 2.45) is 5.92 Å². The summed E-state index contributed by atoms with van der Waals surface area (Å²) in [5.41, 5.74) is 0. The first-order chi connectivity index (χ1) is 12.3. The van der Waals surface area contributed by atoms with Crippen LogP contribution in [0.2, 0.25) is 5.02 Å². The topological polar surface area (TPSA) is 81.7 Å². The first-order valence-electron chi connectivity index (χ1n) is 8.86. The molecule has 1 aliphatic rings. The number of carbonyl (C=O) groups is 1. The van der Waals surface area contributed by atoms with Crippen LogP contribution in [-0.4, -0.2) is 39.8 Å². The van der Waals surface area contributed by atoms with Gasteiger partial charge in [-0.2, -0.15) is 8.42 Å². The highest BCUT2D eigenvalue weighted by Gasteiger charge is 2.21. The Hall–Kier alpha value is -1.15. The summed E-state index contributed by atoms with van der Waals surface area (Å²) in [6.45, 7) is 0.438. The zero-order chi connectivity index (χ0) is 19.0. The fraction of sp³-hybridized carbons (Fsp3) is 0.611. The van der Waals surface area contributed by atoms with Crippen molar-refractivity contribution < 1.29 is 22.1 Å². The number of esters is 1. The minimum Gasteiger partial charge on any atom is -0.426 e. The molecule has 26 heavy (non-hydrogen) atoms. The highest BCUT2D eigenvalue weighted by Crippen LogP contribution is 2.27. The van der Waals surface area contributed by atoms with E-state index in [4.69, 9.17) is 20.5 Å². The van der Waals surface area contributed by atoms with Gasteiger partial charge < -0.3 is 10.1 Å². The Bertz CT molecular complexity index is 669. The lowest BCUT2D eigenvalue weighted by Gasteiger charge is -2.29. The smallest absolute Gasteiger partial charge is 0.325 e. The van der Waals surface area contributed by atoms with Gasteiger partial charge in [0, 0.05) is 11.1 Å². The predicted octanol–water partition coefficient (Wildman–Crippen LogP) is 3.15. The Morgan fingerprint density at radius 3 is 2.46 bits per heavy atom. The molecule has 6 nitrogen and oxygen atoms in total. The molecule has 0 saturated heterocycles. The molecule has 0 amide bonds. The number of halogens is 1. The van der Waals surface area contributed by atoms with Gasteiger partial charge in [0.05, 0.1) is 19.4 Å². The van der Waals surface area contributed by atoms with Crippen molar-refractivity contribution in [3.8, 4) is 5.75 Å². The number of benzene rings is 1. The van der Waals surface area contributed by atoms with E-state index in [0.29, 0.717) is 22.7 Å². The maximum Gasteiger partial charge on any atom is 0.325 e. The second-order valence-electron chi connectivity index (χ2n) is 6.69. The van der Waals surface area contributed by atoms with Crippen LogP contribution in [0.25, 0.3) is 0 Å². The van der Waals surface area contributed by atoms with Gasteiger partial charge in [0.2, 0.25) is 0 Å². The highest BCUT2D eigenvalue weighted by atomic mass is 35.5. The molecule has 0 radical (unpaired) electrons. The van der Waals surface area contributed by atoms with Gasteiger partial charge in [-0.1, -0.05) is 11.6 Å². The molecule has 1 aromatic carbocycles. The molecule has 146 valence electrons. The summed E-state index contributed by atoms with van der Waals surface area (Å²) in [7, 11) is -3.34. The van der Waals surface area contributed by atoms with Gasteiger partial charge in [-0.05, 0) is 68.7 Å².